The summed E-state index contributed by atoms with van der Waals surface area (Å²) >= 11 is 0. The molecular formula is C34H36N10O2. The molecule has 2 aliphatic heterocycles. The number of piperazine rings is 1. The molecule has 12 nitrogen and oxygen atoms in total. The fourth-order valence-electron chi connectivity index (χ4n) is 6.29. The summed E-state index contributed by atoms with van der Waals surface area (Å²) < 4.78 is 1.84. The average molecular weight is 617 g/mol. The van der Waals surface area contributed by atoms with Crippen LogP contribution in [0.5, 0.6) is 0 Å². The second kappa shape index (κ2) is 12.2. The molecule has 2 aliphatic rings. The molecule has 1 fully saturated rings. The molecule has 5 aromatic rings. The highest BCUT2D eigenvalue weighted by Gasteiger charge is 2.26. The van der Waals surface area contributed by atoms with Gasteiger partial charge < -0.3 is 30.6 Å². The fraction of sp³-hybridized carbons (Fsp3) is 0.294. The molecule has 7 rings (SSSR count). The van der Waals surface area contributed by atoms with E-state index >= 15 is 0 Å². The first-order valence-corrected chi connectivity index (χ1v) is 15.6. The lowest BCUT2D eigenvalue weighted by Gasteiger charge is -2.34. The number of benzene rings is 2. The normalized spacial score (nSPS) is 16.3. The van der Waals surface area contributed by atoms with E-state index in [0.29, 0.717) is 29.4 Å². The number of rotatable bonds is 6. The average Bonchev–Trinajstić information content (AvgIpc) is 3.52. The van der Waals surface area contributed by atoms with E-state index in [1.54, 1.807) is 25.5 Å². The van der Waals surface area contributed by atoms with Crippen LogP contribution < -0.4 is 26.2 Å². The minimum atomic E-state index is -0.268. The van der Waals surface area contributed by atoms with E-state index in [-0.39, 0.29) is 23.8 Å². The fourth-order valence-corrected chi connectivity index (χ4v) is 6.29. The summed E-state index contributed by atoms with van der Waals surface area (Å²) in [6.07, 6.45) is 8.74. The van der Waals surface area contributed by atoms with Gasteiger partial charge in [-0.3, -0.25) is 9.59 Å². The van der Waals surface area contributed by atoms with Crippen molar-refractivity contribution in [1.82, 2.24) is 35.0 Å². The summed E-state index contributed by atoms with van der Waals surface area (Å²) in [5.74, 6) is 0.705. The van der Waals surface area contributed by atoms with Crippen molar-refractivity contribution in [2.45, 2.75) is 39.3 Å². The maximum Gasteiger partial charge on any atom is 0.271 e. The third kappa shape index (κ3) is 5.74. The lowest BCUT2D eigenvalue weighted by atomic mass is 9.93. The number of fused-ring (bicyclic) bond motifs is 2. The first-order valence-electron chi connectivity index (χ1n) is 15.6. The van der Waals surface area contributed by atoms with Gasteiger partial charge in [0, 0.05) is 81.7 Å². The Bertz CT molecular complexity index is 1910. The Labute approximate surface area is 266 Å². The number of nitrogens with one attached hydrogen (secondary N) is 2. The molecular weight excluding hydrogens is 580 g/mol. The van der Waals surface area contributed by atoms with Crippen LogP contribution >= 0.6 is 0 Å². The number of carbonyl (C=O) groups is 2. The van der Waals surface area contributed by atoms with E-state index < -0.39 is 0 Å². The van der Waals surface area contributed by atoms with Gasteiger partial charge in [0.15, 0.2) is 11.5 Å². The SMILES string of the molecule is CC(=O)N1c2ccc(-c3ccc(CNC(=O)c4cn5cc(-c6cnc(N)nc6)nc(N6CCNCC6)c5n4)cc3)cc2CC[C@@H]1C. The van der Waals surface area contributed by atoms with Crippen molar-refractivity contribution in [3.63, 3.8) is 0 Å². The Hall–Kier alpha value is -5.36. The molecule has 2 amide bonds. The highest BCUT2D eigenvalue weighted by atomic mass is 16.2. The lowest BCUT2D eigenvalue weighted by Crippen LogP contribution is -2.44. The third-order valence-electron chi connectivity index (χ3n) is 8.73. The van der Waals surface area contributed by atoms with Crippen molar-refractivity contribution in [3.05, 3.63) is 84.1 Å². The van der Waals surface area contributed by atoms with Crippen LogP contribution in [0.2, 0.25) is 0 Å². The van der Waals surface area contributed by atoms with Crippen LogP contribution in [0.3, 0.4) is 0 Å². The maximum atomic E-state index is 13.3. The summed E-state index contributed by atoms with van der Waals surface area (Å²) in [7, 11) is 0. The van der Waals surface area contributed by atoms with Crippen molar-refractivity contribution in [1.29, 1.82) is 0 Å². The van der Waals surface area contributed by atoms with Gasteiger partial charge in [-0.15, -0.1) is 0 Å². The van der Waals surface area contributed by atoms with Gasteiger partial charge in [-0.2, -0.15) is 0 Å². The summed E-state index contributed by atoms with van der Waals surface area (Å²) in [5.41, 5.74) is 13.4. The van der Waals surface area contributed by atoms with E-state index in [1.807, 2.05) is 27.6 Å². The highest BCUT2D eigenvalue weighted by molar-refractivity contribution is 5.94. The molecule has 4 N–H and O–H groups in total. The maximum absolute atomic E-state index is 13.3. The first kappa shape index (κ1) is 29.4. The van der Waals surface area contributed by atoms with Gasteiger partial charge in [0.25, 0.3) is 5.91 Å². The number of hydrogen-bond donors (Lipinski definition) is 3. The Morgan fingerprint density at radius 2 is 1.72 bits per heavy atom. The molecule has 5 heterocycles. The molecule has 1 saturated heterocycles. The van der Waals surface area contributed by atoms with Gasteiger partial charge in [0.2, 0.25) is 11.9 Å². The van der Waals surface area contributed by atoms with Crippen molar-refractivity contribution >= 4 is 34.9 Å². The molecule has 12 heteroatoms. The van der Waals surface area contributed by atoms with Gasteiger partial charge in [0.05, 0.1) is 5.69 Å². The monoisotopic (exact) mass is 616 g/mol. The second-order valence-electron chi connectivity index (χ2n) is 11.9. The van der Waals surface area contributed by atoms with E-state index in [9.17, 15) is 9.59 Å². The van der Waals surface area contributed by atoms with Crippen molar-refractivity contribution < 1.29 is 9.59 Å². The molecule has 46 heavy (non-hydrogen) atoms. The summed E-state index contributed by atoms with van der Waals surface area (Å²) in [5, 5.41) is 6.38. The third-order valence-corrected chi connectivity index (χ3v) is 8.73. The molecule has 234 valence electrons. The Morgan fingerprint density at radius 3 is 2.46 bits per heavy atom. The van der Waals surface area contributed by atoms with Crippen molar-refractivity contribution in [2.24, 2.45) is 0 Å². The number of anilines is 3. The molecule has 2 aromatic carbocycles. The molecule has 0 bridgehead atoms. The zero-order chi connectivity index (χ0) is 31.8. The number of nitrogen functional groups attached to an aromatic ring is 1. The minimum absolute atomic E-state index is 0.0749. The molecule has 0 unspecified atom stereocenters. The van der Waals surface area contributed by atoms with Crippen LogP contribution in [-0.2, 0) is 17.8 Å². The van der Waals surface area contributed by atoms with E-state index in [2.05, 4.69) is 62.8 Å². The highest BCUT2D eigenvalue weighted by Crippen LogP contribution is 2.34. The topological polar surface area (TPSA) is 147 Å². The number of nitrogens with zero attached hydrogens (tertiary/aromatic N) is 7. The summed E-state index contributed by atoms with van der Waals surface area (Å²) in [4.78, 5) is 47.5. The molecule has 3 aromatic heterocycles. The zero-order valence-corrected chi connectivity index (χ0v) is 25.9. The number of imidazole rings is 1. The first-order chi connectivity index (χ1) is 22.3. The molecule has 1 atom stereocenters. The van der Waals surface area contributed by atoms with E-state index in [0.717, 1.165) is 67.0 Å². The zero-order valence-electron chi connectivity index (χ0n) is 25.9. The Balaban J connectivity index is 1.08. The predicted molar refractivity (Wildman–Crippen MR) is 177 cm³/mol. The van der Waals surface area contributed by atoms with Gasteiger partial charge in [-0.1, -0.05) is 30.3 Å². The van der Waals surface area contributed by atoms with Crippen LogP contribution in [-0.4, -0.2) is 68.4 Å². The molecule has 0 spiro atoms. The molecule has 0 saturated carbocycles. The number of nitrogens with two attached hydrogens (primary N) is 1. The van der Waals surface area contributed by atoms with E-state index in [4.69, 9.17) is 15.7 Å². The van der Waals surface area contributed by atoms with Crippen LogP contribution in [0.15, 0.2) is 67.3 Å². The summed E-state index contributed by atoms with van der Waals surface area (Å²) in [6.45, 7) is 7.30. The van der Waals surface area contributed by atoms with Crippen molar-refractivity contribution in [2.75, 3.05) is 41.7 Å². The lowest BCUT2D eigenvalue weighted by molar-refractivity contribution is -0.117. The smallest absolute Gasteiger partial charge is 0.271 e. The van der Waals surface area contributed by atoms with Crippen LogP contribution in [0.1, 0.15) is 41.9 Å². The second-order valence-corrected chi connectivity index (χ2v) is 11.9. The quantitative estimate of drug-likeness (QED) is 0.261. The van der Waals surface area contributed by atoms with Gasteiger partial charge >= 0.3 is 0 Å². The number of aryl methyl sites for hydroxylation is 1. The van der Waals surface area contributed by atoms with Gasteiger partial charge in [0.1, 0.15) is 5.69 Å². The standard InChI is InChI=1S/C34H36N10O2/c1-21-3-6-26-15-25(9-10-30(26)44(21)22(2)45)24-7-4-23(5-8-24)16-37-33(46)29-20-43-19-28(27-17-38-34(35)39-18-27)40-31(32(43)41-29)42-13-11-36-12-14-42/h4-5,7-10,15,17-21,36H,3,6,11-14,16H2,1-2H3,(H,37,46)(H2,35,38,39)/t21-/m0/s1. The minimum Gasteiger partial charge on any atom is -0.368 e. The van der Waals surface area contributed by atoms with Gasteiger partial charge in [-0.25, -0.2) is 19.9 Å². The van der Waals surface area contributed by atoms with Crippen LogP contribution in [0.25, 0.3) is 28.0 Å². The Kier molecular flexibility index (Phi) is 7.79. The van der Waals surface area contributed by atoms with Crippen LogP contribution in [0.4, 0.5) is 17.5 Å². The van der Waals surface area contributed by atoms with Gasteiger partial charge in [-0.05, 0) is 54.2 Å². The molecule has 0 aliphatic carbocycles. The predicted octanol–water partition coefficient (Wildman–Crippen LogP) is 3.46. The Morgan fingerprint density at radius 1 is 0.978 bits per heavy atom. The van der Waals surface area contributed by atoms with Crippen LogP contribution in [0, 0.1) is 0 Å². The number of carbonyl (C=O) groups excluding carboxylic acids is 2. The van der Waals surface area contributed by atoms with E-state index in [1.165, 1.54) is 5.56 Å². The molecule has 0 radical (unpaired) electrons. The number of hydrogen-bond acceptors (Lipinski definition) is 9. The summed E-state index contributed by atoms with van der Waals surface area (Å²) in [6, 6.07) is 14.7. The number of amides is 2. The van der Waals surface area contributed by atoms with Crippen molar-refractivity contribution in [3.8, 4) is 22.4 Å². The largest absolute Gasteiger partial charge is 0.368 e. The number of aromatic nitrogens is 5.